The highest BCUT2D eigenvalue weighted by atomic mass is 16.5. The molecule has 1 amide bonds. The van der Waals surface area contributed by atoms with Gasteiger partial charge in [-0.2, -0.15) is 5.10 Å². The van der Waals surface area contributed by atoms with Gasteiger partial charge in [-0.1, -0.05) is 12.1 Å². The minimum absolute atomic E-state index is 0.0126. The molecule has 1 saturated heterocycles. The Kier molecular flexibility index (Phi) is 3.55. The smallest absolute Gasteiger partial charge is 0.275 e. The molecule has 6 heteroatoms. The van der Waals surface area contributed by atoms with Crippen LogP contribution in [0.25, 0.3) is 10.9 Å². The Morgan fingerprint density at radius 1 is 1.52 bits per heavy atom. The zero-order chi connectivity index (χ0) is 15.0. The van der Waals surface area contributed by atoms with Crippen LogP contribution in [0.4, 0.5) is 0 Å². The maximum Gasteiger partial charge on any atom is 0.275 e. The lowest BCUT2D eigenvalue weighted by molar-refractivity contribution is 0.0362. The number of fused-ring (bicyclic) bond motifs is 1. The van der Waals surface area contributed by atoms with E-state index in [1.165, 1.54) is 0 Å². The van der Waals surface area contributed by atoms with Gasteiger partial charge >= 0.3 is 0 Å². The summed E-state index contributed by atoms with van der Waals surface area (Å²) in [4.78, 5) is 14.5. The summed E-state index contributed by atoms with van der Waals surface area (Å²) in [6.45, 7) is 2.51. The number of hydrogen-bond acceptors (Lipinski definition) is 4. The Hall–Kier alpha value is -2.08. The summed E-state index contributed by atoms with van der Waals surface area (Å²) in [5.41, 5.74) is 1.14. The maximum atomic E-state index is 12.7. The van der Waals surface area contributed by atoms with E-state index in [1.54, 1.807) is 12.0 Å². The van der Waals surface area contributed by atoms with Crippen molar-refractivity contribution in [3.05, 3.63) is 23.9 Å². The summed E-state index contributed by atoms with van der Waals surface area (Å²) >= 11 is 0. The van der Waals surface area contributed by atoms with E-state index in [1.807, 2.05) is 25.1 Å². The fourth-order valence-corrected chi connectivity index (χ4v) is 2.93. The predicted molar refractivity (Wildman–Crippen MR) is 78.4 cm³/mol. The number of methoxy groups -OCH3 is 1. The molecule has 1 aliphatic rings. The zero-order valence-corrected chi connectivity index (χ0v) is 12.2. The number of aliphatic hydroxyl groups is 1. The predicted octanol–water partition coefficient (Wildman–Crippen LogP) is 1.56. The lowest BCUT2D eigenvalue weighted by Crippen LogP contribution is -2.46. The van der Waals surface area contributed by atoms with Gasteiger partial charge in [0.25, 0.3) is 5.91 Å². The number of rotatable bonds is 2. The third-order valence-corrected chi connectivity index (χ3v) is 4.09. The summed E-state index contributed by atoms with van der Waals surface area (Å²) in [5, 5.41) is 17.5. The molecule has 3 rings (SSSR count). The van der Waals surface area contributed by atoms with Crippen molar-refractivity contribution in [2.45, 2.75) is 31.9 Å². The van der Waals surface area contributed by atoms with Gasteiger partial charge in [0.2, 0.25) is 0 Å². The van der Waals surface area contributed by atoms with Crippen LogP contribution >= 0.6 is 0 Å². The van der Waals surface area contributed by atoms with Gasteiger partial charge in [0.1, 0.15) is 11.3 Å². The molecule has 0 unspecified atom stereocenters. The Morgan fingerprint density at radius 2 is 2.33 bits per heavy atom. The second-order valence-electron chi connectivity index (χ2n) is 5.48. The van der Waals surface area contributed by atoms with Crippen LogP contribution in [-0.2, 0) is 0 Å². The number of ether oxygens (including phenoxy) is 1. The van der Waals surface area contributed by atoms with E-state index in [9.17, 15) is 9.90 Å². The summed E-state index contributed by atoms with van der Waals surface area (Å²) < 4.78 is 5.27. The highest BCUT2D eigenvalue weighted by Gasteiger charge is 2.30. The van der Waals surface area contributed by atoms with Gasteiger partial charge in [-0.3, -0.25) is 9.89 Å². The standard InChI is InChI=1S/C15H19N3O3/c1-9-8-10(19)6-7-18(9)15(20)14-11-4-3-5-12(21-2)13(11)16-17-14/h3-5,9-10,19H,6-8H2,1-2H3,(H,16,17)/t9-,10-/m0/s1. The first kappa shape index (κ1) is 13.9. The number of carbonyl (C=O) groups excluding carboxylic acids is 1. The van der Waals surface area contributed by atoms with E-state index in [0.29, 0.717) is 30.8 Å². The van der Waals surface area contributed by atoms with Gasteiger partial charge in [-0.05, 0) is 25.8 Å². The van der Waals surface area contributed by atoms with Crippen LogP contribution in [0.3, 0.4) is 0 Å². The van der Waals surface area contributed by atoms with Crippen LogP contribution < -0.4 is 4.74 Å². The number of aromatic nitrogens is 2. The summed E-state index contributed by atoms with van der Waals surface area (Å²) in [5.74, 6) is 0.565. The largest absolute Gasteiger partial charge is 0.494 e. The Balaban J connectivity index is 1.95. The number of carbonyl (C=O) groups is 1. The number of benzene rings is 1. The van der Waals surface area contributed by atoms with Crippen molar-refractivity contribution in [3.8, 4) is 5.75 Å². The molecule has 2 N–H and O–H groups in total. The van der Waals surface area contributed by atoms with E-state index >= 15 is 0 Å². The molecule has 2 aromatic rings. The molecule has 0 saturated carbocycles. The summed E-state index contributed by atoms with van der Waals surface area (Å²) in [7, 11) is 1.59. The minimum atomic E-state index is -0.319. The second-order valence-corrected chi connectivity index (χ2v) is 5.48. The minimum Gasteiger partial charge on any atom is -0.494 e. The van der Waals surface area contributed by atoms with E-state index in [4.69, 9.17) is 4.74 Å². The Labute approximate surface area is 122 Å². The van der Waals surface area contributed by atoms with Gasteiger partial charge in [-0.25, -0.2) is 0 Å². The molecule has 2 heterocycles. The van der Waals surface area contributed by atoms with Gasteiger partial charge in [-0.15, -0.1) is 0 Å². The van der Waals surface area contributed by atoms with E-state index < -0.39 is 0 Å². The number of hydrogen-bond donors (Lipinski definition) is 2. The Morgan fingerprint density at radius 3 is 3.05 bits per heavy atom. The van der Waals surface area contributed by atoms with Crippen LogP contribution in [0.15, 0.2) is 18.2 Å². The molecular formula is C15H19N3O3. The molecular weight excluding hydrogens is 270 g/mol. The Bertz CT molecular complexity index is 667. The number of H-pyrrole nitrogens is 1. The van der Waals surface area contributed by atoms with Gasteiger partial charge in [0, 0.05) is 18.0 Å². The van der Waals surface area contributed by atoms with Crippen LogP contribution in [0.1, 0.15) is 30.3 Å². The van der Waals surface area contributed by atoms with Crippen molar-refractivity contribution in [2.24, 2.45) is 0 Å². The SMILES string of the molecule is COc1cccc2c(C(=O)N3CC[C@H](O)C[C@@H]3C)n[nH]c12. The third kappa shape index (κ3) is 2.35. The van der Waals surface area contributed by atoms with Crippen molar-refractivity contribution >= 4 is 16.8 Å². The van der Waals surface area contributed by atoms with Crippen molar-refractivity contribution in [1.29, 1.82) is 0 Å². The van der Waals surface area contributed by atoms with Crippen LogP contribution in [0, 0.1) is 0 Å². The molecule has 112 valence electrons. The van der Waals surface area contributed by atoms with Crippen molar-refractivity contribution in [1.82, 2.24) is 15.1 Å². The number of likely N-dealkylation sites (tertiary alicyclic amines) is 1. The fourth-order valence-electron chi connectivity index (χ4n) is 2.93. The molecule has 0 spiro atoms. The topological polar surface area (TPSA) is 78.4 Å². The van der Waals surface area contributed by atoms with Gasteiger partial charge < -0.3 is 14.7 Å². The molecule has 21 heavy (non-hydrogen) atoms. The molecule has 0 bridgehead atoms. The number of nitrogens with zero attached hydrogens (tertiary/aromatic N) is 2. The molecule has 0 aliphatic carbocycles. The average molecular weight is 289 g/mol. The summed E-state index contributed by atoms with van der Waals surface area (Å²) in [6, 6.07) is 5.54. The summed E-state index contributed by atoms with van der Waals surface area (Å²) in [6.07, 6.45) is 0.902. The van der Waals surface area contributed by atoms with E-state index in [-0.39, 0.29) is 18.1 Å². The fraction of sp³-hybridized carbons (Fsp3) is 0.467. The lowest BCUT2D eigenvalue weighted by Gasteiger charge is -2.35. The first-order valence-electron chi connectivity index (χ1n) is 7.12. The van der Waals surface area contributed by atoms with Crippen LogP contribution in [0.5, 0.6) is 5.75 Å². The molecule has 2 atom stereocenters. The van der Waals surface area contributed by atoms with E-state index in [0.717, 1.165) is 10.9 Å². The first-order chi connectivity index (χ1) is 10.1. The van der Waals surface area contributed by atoms with Crippen LogP contribution in [0.2, 0.25) is 0 Å². The molecule has 6 nitrogen and oxygen atoms in total. The number of nitrogens with one attached hydrogen (secondary N) is 1. The molecule has 1 fully saturated rings. The second kappa shape index (κ2) is 5.37. The highest BCUT2D eigenvalue weighted by molar-refractivity contribution is 6.06. The third-order valence-electron chi connectivity index (χ3n) is 4.09. The van der Waals surface area contributed by atoms with Crippen LogP contribution in [-0.4, -0.2) is 51.9 Å². The van der Waals surface area contributed by atoms with Crippen molar-refractivity contribution in [2.75, 3.05) is 13.7 Å². The monoisotopic (exact) mass is 289 g/mol. The average Bonchev–Trinajstić information content (AvgIpc) is 2.90. The number of para-hydroxylation sites is 1. The van der Waals surface area contributed by atoms with Crippen molar-refractivity contribution < 1.29 is 14.6 Å². The van der Waals surface area contributed by atoms with Crippen molar-refractivity contribution in [3.63, 3.8) is 0 Å². The number of aliphatic hydroxyl groups excluding tert-OH is 1. The van der Waals surface area contributed by atoms with Gasteiger partial charge in [0.05, 0.1) is 13.2 Å². The van der Waals surface area contributed by atoms with E-state index in [2.05, 4.69) is 10.2 Å². The number of piperidine rings is 1. The zero-order valence-electron chi connectivity index (χ0n) is 12.2. The van der Waals surface area contributed by atoms with Gasteiger partial charge in [0.15, 0.2) is 5.69 Å². The maximum absolute atomic E-state index is 12.7. The highest BCUT2D eigenvalue weighted by Crippen LogP contribution is 2.27. The molecule has 1 aromatic carbocycles. The normalized spacial score (nSPS) is 22.5. The molecule has 0 radical (unpaired) electrons. The number of aromatic amines is 1. The molecule has 1 aromatic heterocycles. The lowest BCUT2D eigenvalue weighted by atomic mass is 10.00. The quantitative estimate of drug-likeness (QED) is 0.879. The number of amides is 1. The molecule has 1 aliphatic heterocycles. The first-order valence-corrected chi connectivity index (χ1v) is 7.12.